The van der Waals surface area contributed by atoms with Crippen LogP contribution in [0.4, 0.5) is 8.78 Å². The number of benzene rings is 2. The zero-order chi connectivity index (χ0) is 25.8. The number of halogens is 2. The van der Waals surface area contributed by atoms with E-state index in [-0.39, 0.29) is 11.6 Å². The molecule has 202 valence electrons. The van der Waals surface area contributed by atoms with Gasteiger partial charge in [0, 0.05) is 11.1 Å². The van der Waals surface area contributed by atoms with Gasteiger partial charge < -0.3 is 0 Å². The fourth-order valence-electron chi connectivity index (χ4n) is 8.19. The fraction of sp³-hybridized carbons (Fsp3) is 0.657. The molecular weight excluding hydrogens is 458 g/mol. The maximum absolute atomic E-state index is 15.3. The van der Waals surface area contributed by atoms with Gasteiger partial charge in [0.1, 0.15) is 11.6 Å². The Balaban J connectivity index is 1.19. The zero-order valence-electron chi connectivity index (χ0n) is 23.3. The van der Waals surface area contributed by atoms with Crippen LogP contribution in [0.1, 0.15) is 133 Å². The predicted octanol–water partition coefficient (Wildman–Crippen LogP) is 11.2. The Bertz CT molecular complexity index is 1000. The molecule has 3 saturated carbocycles. The molecule has 0 saturated heterocycles. The second-order valence-corrected chi connectivity index (χ2v) is 12.8. The van der Waals surface area contributed by atoms with Crippen molar-refractivity contribution in [2.75, 3.05) is 0 Å². The van der Waals surface area contributed by atoms with Crippen molar-refractivity contribution in [3.8, 4) is 11.1 Å². The standard InChI is InChI=1S/C35H48F2/c1-3-5-25-8-12-26(13-9-25)27-14-16-29(17-15-27)31-19-21-33(35(37)23-31)32-20-18-30(22-34(32)36)28-10-6-24(4-2)7-11-28/h18-29H,3-17H2,1-2H3. The highest BCUT2D eigenvalue weighted by atomic mass is 19.1. The molecule has 0 N–H and O–H groups in total. The lowest BCUT2D eigenvalue weighted by molar-refractivity contribution is 0.156. The molecule has 0 nitrogen and oxygen atoms in total. The third-order valence-corrected chi connectivity index (χ3v) is 10.7. The average Bonchev–Trinajstić information content (AvgIpc) is 2.94. The molecule has 0 bridgehead atoms. The van der Waals surface area contributed by atoms with Crippen molar-refractivity contribution < 1.29 is 8.78 Å². The van der Waals surface area contributed by atoms with Crippen LogP contribution < -0.4 is 0 Å². The van der Waals surface area contributed by atoms with Crippen LogP contribution in [-0.2, 0) is 0 Å². The highest BCUT2D eigenvalue weighted by Gasteiger charge is 2.31. The van der Waals surface area contributed by atoms with Crippen LogP contribution in [0.5, 0.6) is 0 Å². The first-order valence-corrected chi connectivity index (χ1v) is 15.6. The quantitative estimate of drug-likeness (QED) is 0.350. The summed E-state index contributed by atoms with van der Waals surface area (Å²) in [6.07, 6.45) is 19.4. The number of hydrogen-bond donors (Lipinski definition) is 0. The van der Waals surface area contributed by atoms with Gasteiger partial charge in [-0.25, -0.2) is 8.78 Å². The third-order valence-electron chi connectivity index (χ3n) is 10.7. The Kier molecular flexibility index (Phi) is 9.04. The van der Waals surface area contributed by atoms with E-state index in [2.05, 4.69) is 19.9 Å². The summed E-state index contributed by atoms with van der Waals surface area (Å²) in [6, 6.07) is 11.1. The summed E-state index contributed by atoms with van der Waals surface area (Å²) < 4.78 is 30.5. The first-order chi connectivity index (χ1) is 18.1. The lowest BCUT2D eigenvalue weighted by Gasteiger charge is -2.38. The molecule has 2 aromatic carbocycles. The Morgan fingerprint density at radius 2 is 1.00 bits per heavy atom. The first kappa shape index (κ1) is 26.9. The molecule has 2 aromatic rings. The van der Waals surface area contributed by atoms with Crippen LogP contribution in [0.25, 0.3) is 11.1 Å². The molecule has 2 heteroatoms. The van der Waals surface area contributed by atoms with E-state index < -0.39 is 0 Å². The van der Waals surface area contributed by atoms with Gasteiger partial charge in [-0.15, -0.1) is 0 Å². The van der Waals surface area contributed by atoms with E-state index in [0.717, 1.165) is 47.6 Å². The summed E-state index contributed by atoms with van der Waals surface area (Å²) in [4.78, 5) is 0. The van der Waals surface area contributed by atoms with Crippen LogP contribution in [0, 0.1) is 35.3 Å². The minimum Gasteiger partial charge on any atom is -0.206 e. The second-order valence-electron chi connectivity index (χ2n) is 12.8. The highest BCUT2D eigenvalue weighted by molar-refractivity contribution is 5.66. The van der Waals surface area contributed by atoms with Gasteiger partial charge in [-0.3, -0.25) is 0 Å². The monoisotopic (exact) mass is 506 g/mol. The predicted molar refractivity (Wildman–Crippen MR) is 152 cm³/mol. The molecule has 0 heterocycles. The molecule has 0 spiro atoms. The summed E-state index contributed by atoms with van der Waals surface area (Å²) in [7, 11) is 0. The van der Waals surface area contributed by atoms with Crippen molar-refractivity contribution >= 4 is 0 Å². The molecule has 37 heavy (non-hydrogen) atoms. The van der Waals surface area contributed by atoms with Crippen LogP contribution in [-0.4, -0.2) is 0 Å². The Morgan fingerprint density at radius 1 is 0.568 bits per heavy atom. The lowest BCUT2D eigenvalue weighted by Crippen LogP contribution is -2.25. The normalized spacial score (nSPS) is 30.8. The van der Waals surface area contributed by atoms with Gasteiger partial charge in [0.25, 0.3) is 0 Å². The molecule has 0 unspecified atom stereocenters. The van der Waals surface area contributed by atoms with Crippen LogP contribution in [0.15, 0.2) is 36.4 Å². The van der Waals surface area contributed by atoms with E-state index >= 15 is 8.78 Å². The summed E-state index contributed by atoms with van der Waals surface area (Å²) in [5.74, 6) is 3.92. The third kappa shape index (κ3) is 6.31. The van der Waals surface area contributed by atoms with Crippen LogP contribution in [0.3, 0.4) is 0 Å². The van der Waals surface area contributed by atoms with Crippen LogP contribution in [0.2, 0.25) is 0 Å². The molecule has 5 rings (SSSR count). The minimum atomic E-state index is -0.282. The van der Waals surface area contributed by atoms with Crippen LogP contribution >= 0.6 is 0 Å². The van der Waals surface area contributed by atoms with E-state index in [0.29, 0.717) is 23.0 Å². The first-order valence-electron chi connectivity index (χ1n) is 15.6. The molecule has 0 aromatic heterocycles. The van der Waals surface area contributed by atoms with E-state index in [4.69, 9.17) is 0 Å². The van der Waals surface area contributed by atoms with E-state index in [9.17, 15) is 0 Å². The smallest absolute Gasteiger partial charge is 0.131 e. The van der Waals surface area contributed by atoms with E-state index in [1.807, 2.05) is 18.2 Å². The summed E-state index contributed by atoms with van der Waals surface area (Å²) in [5, 5.41) is 0. The highest BCUT2D eigenvalue weighted by Crippen LogP contribution is 2.45. The summed E-state index contributed by atoms with van der Waals surface area (Å²) >= 11 is 0. The summed E-state index contributed by atoms with van der Waals surface area (Å²) in [6.45, 7) is 4.58. The number of rotatable bonds is 7. The molecule has 0 atom stereocenters. The van der Waals surface area contributed by atoms with Crippen molar-refractivity contribution in [2.45, 2.75) is 122 Å². The van der Waals surface area contributed by atoms with Gasteiger partial charge in [-0.05, 0) is 123 Å². The molecule has 0 aliphatic heterocycles. The number of hydrogen-bond acceptors (Lipinski definition) is 0. The van der Waals surface area contributed by atoms with Crippen molar-refractivity contribution in [2.24, 2.45) is 23.7 Å². The SMILES string of the molecule is CCCC1CCC(C2CCC(c3ccc(-c4ccc(C5CCC(CC)CC5)cc4F)c(F)c3)CC2)CC1. The van der Waals surface area contributed by atoms with E-state index in [1.165, 1.54) is 83.5 Å². The Labute approximate surface area is 224 Å². The largest absolute Gasteiger partial charge is 0.206 e. The minimum absolute atomic E-state index is 0.274. The molecule has 3 aliphatic rings. The van der Waals surface area contributed by atoms with Gasteiger partial charge in [0.05, 0.1) is 0 Å². The molecule has 3 aliphatic carbocycles. The maximum Gasteiger partial charge on any atom is 0.131 e. The summed E-state index contributed by atoms with van der Waals surface area (Å²) in [5.41, 5.74) is 3.00. The molecule has 0 radical (unpaired) electrons. The topological polar surface area (TPSA) is 0 Å². The van der Waals surface area contributed by atoms with Gasteiger partial charge in [-0.2, -0.15) is 0 Å². The molecular formula is C35H48F2. The lowest BCUT2D eigenvalue weighted by atomic mass is 9.68. The Morgan fingerprint density at radius 3 is 1.43 bits per heavy atom. The van der Waals surface area contributed by atoms with Crippen molar-refractivity contribution in [1.29, 1.82) is 0 Å². The average molecular weight is 507 g/mol. The maximum atomic E-state index is 15.3. The van der Waals surface area contributed by atoms with E-state index in [1.54, 1.807) is 12.1 Å². The van der Waals surface area contributed by atoms with Crippen molar-refractivity contribution in [3.05, 3.63) is 59.2 Å². The molecule has 0 amide bonds. The van der Waals surface area contributed by atoms with Gasteiger partial charge in [0.15, 0.2) is 0 Å². The van der Waals surface area contributed by atoms with Gasteiger partial charge in [-0.1, -0.05) is 70.2 Å². The zero-order valence-corrected chi connectivity index (χ0v) is 23.3. The Hall–Kier alpha value is -1.70. The van der Waals surface area contributed by atoms with Gasteiger partial charge in [0.2, 0.25) is 0 Å². The van der Waals surface area contributed by atoms with Crippen molar-refractivity contribution in [1.82, 2.24) is 0 Å². The van der Waals surface area contributed by atoms with Crippen molar-refractivity contribution in [3.63, 3.8) is 0 Å². The van der Waals surface area contributed by atoms with Gasteiger partial charge >= 0.3 is 0 Å². The molecule has 3 fully saturated rings. The fourth-order valence-corrected chi connectivity index (χ4v) is 8.19. The second kappa shape index (κ2) is 12.4.